The molecule has 1 heterocycles. The average Bonchev–Trinajstić information content (AvgIpc) is 2.27. The van der Waals surface area contributed by atoms with Crippen molar-refractivity contribution in [3.63, 3.8) is 0 Å². The molecule has 0 bridgehead atoms. The van der Waals surface area contributed by atoms with E-state index >= 15 is 0 Å². The third-order valence-corrected chi connectivity index (χ3v) is 3.58. The van der Waals surface area contributed by atoms with Crippen LogP contribution in [0.5, 0.6) is 0 Å². The SMILES string of the molecule is CCCN1CCN(C(=O)C(C(=O)O)C(C)(C)C)CC1. The van der Waals surface area contributed by atoms with Crippen molar-refractivity contribution in [1.82, 2.24) is 9.80 Å². The summed E-state index contributed by atoms with van der Waals surface area (Å²) in [6.45, 7) is 11.6. The number of rotatable bonds is 4. The van der Waals surface area contributed by atoms with E-state index in [2.05, 4.69) is 11.8 Å². The molecule has 0 spiro atoms. The number of hydrogen-bond donors (Lipinski definition) is 1. The van der Waals surface area contributed by atoms with Gasteiger partial charge in [-0.25, -0.2) is 0 Å². The lowest BCUT2D eigenvalue weighted by atomic mass is 9.79. The molecule has 1 atom stereocenters. The summed E-state index contributed by atoms with van der Waals surface area (Å²) >= 11 is 0. The zero-order valence-corrected chi connectivity index (χ0v) is 12.5. The number of nitrogens with zero attached hydrogens (tertiary/aromatic N) is 2. The van der Waals surface area contributed by atoms with Gasteiger partial charge in [0, 0.05) is 26.2 Å². The highest BCUT2D eigenvalue weighted by atomic mass is 16.4. The monoisotopic (exact) mass is 270 g/mol. The Morgan fingerprint density at radius 1 is 1.16 bits per heavy atom. The molecular formula is C14H26N2O3. The Kier molecular flexibility index (Phi) is 5.35. The number of carboxylic acid groups (broad SMARTS) is 1. The lowest BCUT2D eigenvalue weighted by Gasteiger charge is -2.38. The lowest BCUT2D eigenvalue weighted by Crippen LogP contribution is -2.53. The van der Waals surface area contributed by atoms with Crippen LogP contribution in [0.15, 0.2) is 0 Å². The Balaban J connectivity index is 2.65. The van der Waals surface area contributed by atoms with Gasteiger partial charge < -0.3 is 10.0 Å². The van der Waals surface area contributed by atoms with Crippen molar-refractivity contribution in [1.29, 1.82) is 0 Å². The summed E-state index contributed by atoms with van der Waals surface area (Å²) in [5.41, 5.74) is -0.552. The largest absolute Gasteiger partial charge is 0.481 e. The molecule has 1 N–H and O–H groups in total. The van der Waals surface area contributed by atoms with Gasteiger partial charge in [-0.1, -0.05) is 27.7 Å². The molecule has 5 nitrogen and oxygen atoms in total. The first-order chi connectivity index (χ1) is 8.77. The third-order valence-electron chi connectivity index (χ3n) is 3.58. The predicted octanol–water partition coefficient (Wildman–Crippen LogP) is 1.29. The lowest BCUT2D eigenvalue weighted by molar-refractivity contribution is -0.157. The first-order valence-electron chi connectivity index (χ1n) is 7.01. The van der Waals surface area contributed by atoms with Crippen LogP contribution in [-0.2, 0) is 9.59 Å². The summed E-state index contributed by atoms with van der Waals surface area (Å²) in [7, 11) is 0. The van der Waals surface area contributed by atoms with Crippen molar-refractivity contribution in [2.24, 2.45) is 11.3 Å². The summed E-state index contributed by atoms with van der Waals surface area (Å²) in [5, 5.41) is 9.29. The van der Waals surface area contributed by atoms with Crippen LogP contribution in [-0.4, -0.2) is 59.5 Å². The minimum atomic E-state index is -1.02. The Morgan fingerprint density at radius 3 is 2.05 bits per heavy atom. The van der Waals surface area contributed by atoms with Crippen LogP contribution < -0.4 is 0 Å². The Labute approximate surface area is 115 Å². The highest BCUT2D eigenvalue weighted by molar-refractivity contribution is 5.97. The number of carboxylic acids is 1. The fourth-order valence-electron chi connectivity index (χ4n) is 2.54. The number of carbonyl (C=O) groups excluding carboxylic acids is 1. The number of aliphatic carboxylic acids is 1. The molecule has 1 aliphatic heterocycles. The highest BCUT2D eigenvalue weighted by Crippen LogP contribution is 2.28. The van der Waals surface area contributed by atoms with Gasteiger partial charge in [0.2, 0.25) is 5.91 Å². The van der Waals surface area contributed by atoms with Crippen LogP contribution in [0.25, 0.3) is 0 Å². The normalized spacial score (nSPS) is 19.3. The van der Waals surface area contributed by atoms with E-state index in [-0.39, 0.29) is 5.91 Å². The molecule has 5 heteroatoms. The van der Waals surface area contributed by atoms with E-state index in [1.807, 2.05) is 0 Å². The van der Waals surface area contributed by atoms with E-state index in [1.165, 1.54) is 0 Å². The van der Waals surface area contributed by atoms with E-state index in [0.29, 0.717) is 13.1 Å². The second-order valence-corrected chi connectivity index (χ2v) is 6.30. The second kappa shape index (κ2) is 6.37. The van der Waals surface area contributed by atoms with Crippen molar-refractivity contribution >= 4 is 11.9 Å². The number of piperazine rings is 1. The van der Waals surface area contributed by atoms with E-state index < -0.39 is 17.3 Å². The molecule has 1 saturated heterocycles. The van der Waals surface area contributed by atoms with E-state index in [0.717, 1.165) is 26.1 Å². The van der Waals surface area contributed by atoms with Gasteiger partial charge in [0.15, 0.2) is 0 Å². The van der Waals surface area contributed by atoms with E-state index in [4.69, 9.17) is 0 Å². The minimum Gasteiger partial charge on any atom is -0.481 e. The topological polar surface area (TPSA) is 60.9 Å². The van der Waals surface area contributed by atoms with Crippen LogP contribution in [0.4, 0.5) is 0 Å². The molecule has 0 aromatic rings. The molecule has 1 unspecified atom stereocenters. The van der Waals surface area contributed by atoms with Crippen molar-refractivity contribution in [2.45, 2.75) is 34.1 Å². The number of hydrogen-bond acceptors (Lipinski definition) is 3. The van der Waals surface area contributed by atoms with Gasteiger partial charge in [0.1, 0.15) is 5.92 Å². The smallest absolute Gasteiger partial charge is 0.316 e. The fourth-order valence-corrected chi connectivity index (χ4v) is 2.54. The second-order valence-electron chi connectivity index (χ2n) is 6.30. The molecule has 19 heavy (non-hydrogen) atoms. The molecular weight excluding hydrogens is 244 g/mol. The standard InChI is InChI=1S/C14H26N2O3/c1-5-6-15-7-9-16(10-8-15)12(17)11(13(18)19)14(2,3)4/h11H,5-10H2,1-4H3,(H,18,19). The Morgan fingerprint density at radius 2 is 1.68 bits per heavy atom. The van der Waals surface area contributed by atoms with Crippen molar-refractivity contribution in [3.05, 3.63) is 0 Å². The van der Waals surface area contributed by atoms with E-state index in [9.17, 15) is 14.7 Å². The minimum absolute atomic E-state index is 0.240. The van der Waals surface area contributed by atoms with Crippen molar-refractivity contribution in [3.8, 4) is 0 Å². The molecule has 1 fully saturated rings. The zero-order chi connectivity index (χ0) is 14.6. The third kappa shape index (κ3) is 4.20. The van der Waals surface area contributed by atoms with Gasteiger partial charge in [-0.3, -0.25) is 14.5 Å². The molecule has 0 aliphatic carbocycles. The van der Waals surface area contributed by atoms with Crippen LogP contribution in [0.2, 0.25) is 0 Å². The molecule has 0 aromatic heterocycles. The van der Waals surface area contributed by atoms with Crippen LogP contribution in [0, 0.1) is 11.3 Å². The maximum absolute atomic E-state index is 12.4. The Hall–Kier alpha value is -1.10. The maximum atomic E-state index is 12.4. The number of carbonyl (C=O) groups is 2. The highest BCUT2D eigenvalue weighted by Gasteiger charge is 2.40. The first kappa shape index (κ1) is 16.0. The summed E-state index contributed by atoms with van der Waals surface area (Å²) in [4.78, 5) is 27.7. The molecule has 0 saturated carbocycles. The van der Waals surface area contributed by atoms with E-state index in [1.54, 1.807) is 25.7 Å². The van der Waals surface area contributed by atoms with Crippen molar-refractivity contribution < 1.29 is 14.7 Å². The van der Waals surface area contributed by atoms with Gasteiger partial charge in [-0.2, -0.15) is 0 Å². The van der Waals surface area contributed by atoms with Crippen LogP contribution in [0.3, 0.4) is 0 Å². The van der Waals surface area contributed by atoms with Gasteiger partial charge in [0.25, 0.3) is 0 Å². The fraction of sp³-hybridized carbons (Fsp3) is 0.857. The zero-order valence-electron chi connectivity index (χ0n) is 12.5. The van der Waals surface area contributed by atoms with Crippen LogP contribution >= 0.6 is 0 Å². The summed E-state index contributed by atoms with van der Waals surface area (Å²) in [6, 6.07) is 0. The van der Waals surface area contributed by atoms with Gasteiger partial charge in [-0.15, -0.1) is 0 Å². The van der Waals surface area contributed by atoms with Gasteiger partial charge in [-0.05, 0) is 18.4 Å². The molecule has 0 aromatic carbocycles. The quantitative estimate of drug-likeness (QED) is 0.782. The molecule has 0 radical (unpaired) electrons. The molecule has 110 valence electrons. The summed E-state index contributed by atoms with van der Waals surface area (Å²) in [5.74, 6) is -2.21. The molecule has 1 rings (SSSR count). The van der Waals surface area contributed by atoms with Gasteiger partial charge >= 0.3 is 5.97 Å². The van der Waals surface area contributed by atoms with Crippen molar-refractivity contribution in [2.75, 3.05) is 32.7 Å². The average molecular weight is 270 g/mol. The number of amides is 1. The first-order valence-corrected chi connectivity index (χ1v) is 7.01. The van der Waals surface area contributed by atoms with Crippen LogP contribution in [0.1, 0.15) is 34.1 Å². The molecule has 1 aliphatic rings. The van der Waals surface area contributed by atoms with Gasteiger partial charge in [0.05, 0.1) is 0 Å². The summed E-state index contributed by atoms with van der Waals surface area (Å²) in [6.07, 6.45) is 1.10. The maximum Gasteiger partial charge on any atom is 0.316 e. The Bertz CT molecular complexity index is 328. The molecule has 1 amide bonds. The predicted molar refractivity (Wildman–Crippen MR) is 73.9 cm³/mol. The summed E-state index contributed by atoms with van der Waals surface area (Å²) < 4.78 is 0.